The third-order valence-corrected chi connectivity index (χ3v) is 4.49. The van der Waals surface area contributed by atoms with E-state index in [1.807, 2.05) is 41.5 Å². The lowest BCUT2D eigenvalue weighted by Crippen LogP contribution is -2.58. The summed E-state index contributed by atoms with van der Waals surface area (Å²) in [6.07, 6.45) is 0. The van der Waals surface area contributed by atoms with Crippen LogP contribution in [0.25, 0.3) is 0 Å². The largest absolute Gasteiger partial charge is 0.482 e. The fourth-order valence-corrected chi connectivity index (χ4v) is 1.41. The zero-order chi connectivity index (χ0) is 20.0. The SMILES string of the molecule is CC(C)(N)C(C)(C)N.CC1=NC(C)(C)C(C)(C)N1.CCOC(C)=N. The lowest BCUT2D eigenvalue weighted by Gasteiger charge is -2.34. The molecule has 0 saturated heterocycles. The number of nitrogens with zero attached hydrogens (tertiary/aromatic N) is 1. The molecule has 0 atom stereocenters. The summed E-state index contributed by atoms with van der Waals surface area (Å²) >= 11 is 0. The Bertz CT molecular complexity index is 414. The minimum atomic E-state index is -0.285. The van der Waals surface area contributed by atoms with E-state index in [-0.39, 0.29) is 28.1 Å². The number of amidine groups is 1. The number of hydrogen-bond donors (Lipinski definition) is 4. The van der Waals surface area contributed by atoms with Crippen LogP contribution in [0.1, 0.15) is 76.2 Å². The van der Waals surface area contributed by atoms with Gasteiger partial charge in [-0.15, -0.1) is 0 Å². The number of rotatable bonds is 2. The van der Waals surface area contributed by atoms with Crippen molar-refractivity contribution in [3.63, 3.8) is 0 Å². The Labute approximate surface area is 149 Å². The number of nitrogens with two attached hydrogens (primary N) is 2. The maximum atomic E-state index is 6.67. The number of nitrogens with one attached hydrogen (secondary N) is 2. The van der Waals surface area contributed by atoms with Crippen molar-refractivity contribution < 1.29 is 4.74 Å². The highest BCUT2D eigenvalue weighted by molar-refractivity contribution is 5.83. The molecule has 0 fully saturated rings. The van der Waals surface area contributed by atoms with E-state index < -0.39 is 0 Å². The van der Waals surface area contributed by atoms with Gasteiger partial charge < -0.3 is 21.5 Å². The van der Waals surface area contributed by atoms with Crippen molar-refractivity contribution in [1.29, 1.82) is 5.41 Å². The van der Waals surface area contributed by atoms with Crippen LogP contribution in [-0.2, 0) is 4.74 Å². The van der Waals surface area contributed by atoms with Crippen LogP contribution in [0.3, 0.4) is 0 Å². The second kappa shape index (κ2) is 8.81. The van der Waals surface area contributed by atoms with E-state index >= 15 is 0 Å². The van der Waals surface area contributed by atoms with Crippen LogP contribution in [0, 0.1) is 5.41 Å². The minimum Gasteiger partial charge on any atom is -0.482 e. The Morgan fingerprint density at radius 3 is 1.54 bits per heavy atom. The third kappa shape index (κ3) is 9.23. The zero-order valence-electron chi connectivity index (χ0n) is 17.7. The topological polar surface area (TPSA) is 110 Å². The van der Waals surface area contributed by atoms with Gasteiger partial charge in [-0.05, 0) is 69.2 Å². The van der Waals surface area contributed by atoms with Crippen LogP contribution in [-0.4, -0.2) is 40.5 Å². The number of aliphatic imine (C=N–C) groups is 1. The molecular formula is C18H41N5O. The first-order valence-corrected chi connectivity index (χ1v) is 8.47. The Hall–Kier alpha value is -1.14. The number of hydrogen-bond acceptors (Lipinski definition) is 6. The van der Waals surface area contributed by atoms with Crippen molar-refractivity contribution in [3.05, 3.63) is 0 Å². The lowest BCUT2D eigenvalue weighted by molar-refractivity contribution is 0.309. The molecule has 6 N–H and O–H groups in total. The highest BCUT2D eigenvalue weighted by atomic mass is 16.5. The van der Waals surface area contributed by atoms with Crippen molar-refractivity contribution in [1.82, 2.24) is 5.32 Å². The summed E-state index contributed by atoms with van der Waals surface area (Å²) in [5.41, 5.74) is 11.0. The molecule has 0 aromatic rings. The molecule has 1 aliphatic rings. The first-order valence-electron chi connectivity index (χ1n) is 8.47. The molecule has 0 spiro atoms. The molecule has 6 heteroatoms. The molecule has 1 rings (SSSR count). The van der Waals surface area contributed by atoms with Gasteiger partial charge in [-0.25, -0.2) is 0 Å². The molecule has 0 bridgehead atoms. The van der Waals surface area contributed by atoms with Gasteiger partial charge in [0.05, 0.1) is 23.5 Å². The lowest BCUT2D eigenvalue weighted by atomic mass is 9.85. The minimum absolute atomic E-state index is 0.0388. The molecule has 1 heterocycles. The Morgan fingerprint density at radius 1 is 1.12 bits per heavy atom. The first-order chi connectivity index (χ1) is 10.4. The fourth-order valence-electron chi connectivity index (χ4n) is 1.41. The Balaban J connectivity index is 0. The van der Waals surface area contributed by atoms with E-state index in [1.54, 1.807) is 6.92 Å². The summed E-state index contributed by atoms with van der Waals surface area (Å²) in [5, 5.41) is 10.0. The Morgan fingerprint density at radius 2 is 1.50 bits per heavy atom. The molecule has 24 heavy (non-hydrogen) atoms. The summed E-state index contributed by atoms with van der Waals surface area (Å²) in [6.45, 7) is 22.4. The standard InChI is InChI=1S/C8H16N2.C6H16N2.C4H9NO/c1-6-9-7(2,3)8(4,5)10-6;1-5(2,7)6(3,4)8;1-3-6-4(2)5/h1-5H3,(H,9,10);7-8H2,1-4H3;5H,3H2,1-2H3. The highest BCUT2D eigenvalue weighted by Gasteiger charge is 2.41. The normalized spacial score (nSPS) is 18.1. The molecule has 0 aromatic heterocycles. The van der Waals surface area contributed by atoms with Crippen molar-refractivity contribution in [3.8, 4) is 0 Å². The quantitative estimate of drug-likeness (QED) is 0.456. The van der Waals surface area contributed by atoms with E-state index in [4.69, 9.17) is 16.9 Å². The monoisotopic (exact) mass is 343 g/mol. The molecule has 0 radical (unpaired) electrons. The van der Waals surface area contributed by atoms with Crippen molar-refractivity contribution in [2.24, 2.45) is 16.5 Å². The van der Waals surface area contributed by atoms with Gasteiger partial charge in [0.25, 0.3) is 0 Å². The molecule has 144 valence electrons. The Kier molecular flexibility index (Phi) is 9.21. The highest BCUT2D eigenvalue weighted by Crippen LogP contribution is 2.29. The second-order valence-electron chi connectivity index (χ2n) is 8.44. The maximum Gasteiger partial charge on any atom is 0.177 e. The van der Waals surface area contributed by atoms with Crippen molar-refractivity contribution in [2.75, 3.05) is 6.61 Å². The number of ether oxygens (including phenoxy) is 1. The molecule has 1 aliphatic heterocycles. The van der Waals surface area contributed by atoms with Crippen LogP contribution in [0.5, 0.6) is 0 Å². The van der Waals surface area contributed by atoms with Crippen LogP contribution >= 0.6 is 0 Å². The van der Waals surface area contributed by atoms with Gasteiger partial charge in [0.15, 0.2) is 5.90 Å². The molecular weight excluding hydrogens is 302 g/mol. The van der Waals surface area contributed by atoms with E-state index in [0.717, 1.165) is 5.84 Å². The summed E-state index contributed by atoms with van der Waals surface area (Å²) < 4.78 is 4.62. The molecule has 6 nitrogen and oxygen atoms in total. The van der Waals surface area contributed by atoms with Gasteiger partial charge in [-0.2, -0.15) is 0 Å². The predicted octanol–water partition coefficient (Wildman–Crippen LogP) is 3.05. The second-order valence-corrected chi connectivity index (χ2v) is 8.44. The smallest absolute Gasteiger partial charge is 0.177 e. The van der Waals surface area contributed by atoms with Crippen LogP contribution in [0.2, 0.25) is 0 Å². The van der Waals surface area contributed by atoms with Gasteiger partial charge in [-0.3, -0.25) is 10.4 Å². The van der Waals surface area contributed by atoms with Crippen molar-refractivity contribution >= 4 is 11.7 Å². The van der Waals surface area contributed by atoms with E-state index in [2.05, 4.69) is 42.7 Å². The van der Waals surface area contributed by atoms with Crippen LogP contribution in [0.15, 0.2) is 4.99 Å². The van der Waals surface area contributed by atoms with E-state index in [1.165, 1.54) is 0 Å². The first kappa shape index (κ1) is 25.1. The summed E-state index contributed by atoms with van der Waals surface area (Å²) in [6, 6.07) is 0. The summed E-state index contributed by atoms with van der Waals surface area (Å²) in [5.74, 6) is 1.34. The average molecular weight is 344 g/mol. The van der Waals surface area contributed by atoms with Gasteiger partial charge in [0.2, 0.25) is 0 Å². The summed E-state index contributed by atoms with van der Waals surface area (Å²) in [4.78, 5) is 4.48. The van der Waals surface area contributed by atoms with Gasteiger partial charge >= 0.3 is 0 Å². The fraction of sp³-hybridized carbons (Fsp3) is 0.889. The van der Waals surface area contributed by atoms with E-state index in [9.17, 15) is 0 Å². The molecule has 0 aromatic carbocycles. The molecule has 0 saturated carbocycles. The van der Waals surface area contributed by atoms with Gasteiger partial charge in [0, 0.05) is 18.0 Å². The average Bonchev–Trinajstić information content (AvgIpc) is 2.43. The maximum absolute atomic E-state index is 6.67. The zero-order valence-corrected chi connectivity index (χ0v) is 17.7. The van der Waals surface area contributed by atoms with Crippen molar-refractivity contribution in [2.45, 2.75) is 98.3 Å². The predicted molar refractivity (Wildman–Crippen MR) is 106 cm³/mol. The third-order valence-electron chi connectivity index (χ3n) is 4.49. The van der Waals surface area contributed by atoms with Gasteiger partial charge in [0.1, 0.15) is 0 Å². The van der Waals surface area contributed by atoms with Crippen LogP contribution in [0.4, 0.5) is 0 Å². The summed E-state index contributed by atoms with van der Waals surface area (Å²) in [7, 11) is 0. The van der Waals surface area contributed by atoms with E-state index in [0.29, 0.717) is 6.61 Å². The molecule has 0 amide bonds. The van der Waals surface area contributed by atoms with Crippen LogP contribution < -0.4 is 16.8 Å². The molecule has 0 unspecified atom stereocenters. The molecule has 0 aliphatic carbocycles. The van der Waals surface area contributed by atoms with Gasteiger partial charge in [-0.1, -0.05) is 0 Å².